The Hall–Kier alpha value is -3.65. The molecule has 0 bridgehead atoms. The molecule has 0 spiro atoms. The molecule has 8 nitrogen and oxygen atoms in total. The first-order valence-electron chi connectivity index (χ1n) is 10.9. The predicted molar refractivity (Wildman–Crippen MR) is 120 cm³/mol. The topological polar surface area (TPSA) is 112 Å². The summed E-state index contributed by atoms with van der Waals surface area (Å²) >= 11 is 0. The minimum absolute atomic E-state index is 0.0772. The van der Waals surface area contributed by atoms with Crippen molar-refractivity contribution in [1.29, 1.82) is 0 Å². The van der Waals surface area contributed by atoms with Crippen LogP contribution in [0.4, 0.5) is 0 Å². The smallest absolute Gasteiger partial charge is 0.291 e. The fraction of sp³-hybridized carbons (Fsp3) is 0.320. The lowest BCUT2D eigenvalue weighted by atomic mass is 9.98. The average molecular weight is 448 g/mol. The van der Waals surface area contributed by atoms with E-state index in [1.54, 1.807) is 41.3 Å². The molecule has 170 valence electrons. The number of rotatable bonds is 6. The molecule has 2 aromatic carbocycles. The van der Waals surface area contributed by atoms with Gasteiger partial charge in [0.25, 0.3) is 11.8 Å². The molecule has 1 saturated heterocycles. The molecule has 3 heterocycles. The van der Waals surface area contributed by atoms with Crippen molar-refractivity contribution in [2.24, 2.45) is 5.73 Å². The van der Waals surface area contributed by atoms with Gasteiger partial charge in [0.15, 0.2) is 12.0 Å². The molecular formula is C25H24N2O6. The molecular weight excluding hydrogens is 424 g/mol. The second-order valence-corrected chi connectivity index (χ2v) is 8.49. The molecule has 2 atom stereocenters. The van der Waals surface area contributed by atoms with E-state index >= 15 is 0 Å². The highest BCUT2D eigenvalue weighted by atomic mass is 16.5. The molecule has 3 aromatic rings. The van der Waals surface area contributed by atoms with Gasteiger partial charge in [-0.25, -0.2) is 0 Å². The molecule has 2 N–H and O–H groups in total. The third kappa shape index (κ3) is 3.87. The number of hydrogen-bond donors (Lipinski definition) is 1. The first-order valence-corrected chi connectivity index (χ1v) is 10.9. The zero-order chi connectivity index (χ0) is 23.1. The van der Waals surface area contributed by atoms with Crippen molar-refractivity contribution >= 4 is 22.8 Å². The summed E-state index contributed by atoms with van der Waals surface area (Å²) < 4.78 is 17.1. The van der Waals surface area contributed by atoms with Crippen molar-refractivity contribution < 1.29 is 23.5 Å². The third-order valence-corrected chi connectivity index (χ3v) is 6.12. The van der Waals surface area contributed by atoms with Gasteiger partial charge in [0.05, 0.1) is 23.1 Å². The van der Waals surface area contributed by atoms with Crippen LogP contribution in [0.5, 0.6) is 5.75 Å². The van der Waals surface area contributed by atoms with Crippen molar-refractivity contribution in [3.8, 4) is 5.75 Å². The lowest BCUT2D eigenvalue weighted by Gasteiger charge is -2.27. The van der Waals surface area contributed by atoms with E-state index in [1.165, 1.54) is 0 Å². The molecule has 0 radical (unpaired) electrons. The molecule has 5 rings (SSSR count). The van der Waals surface area contributed by atoms with Crippen molar-refractivity contribution in [2.75, 3.05) is 19.8 Å². The van der Waals surface area contributed by atoms with E-state index in [9.17, 15) is 14.4 Å². The van der Waals surface area contributed by atoms with Crippen molar-refractivity contribution in [2.45, 2.75) is 31.9 Å². The van der Waals surface area contributed by atoms with Crippen LogP contribution in [-0.2, 0) is 9.53 Å². The number of carbonyl (C=O) groups excluding carboxylic acids is 2. The molecule has 2 aliphatic rings. The van der Waals surface area contributed by atoms with Crippen LogP contribution in [0.1, 0.15) is 46.1 Å². The second-order valence-electron chi connectivity index (χ2n) is 8.49. The van der Waals surface area contributed by atoms with Crippen LogP contribution in [0.25, 0.3) is 11.0 Å². The number of ether oxygens (including phenoxy) is 2. The second kappa shape index (κ2) is 8.37. The van der Waals surface area contributed by atoms with Gasteiger partial charge < -0.3 is 24.5 Å². The molecule has 2 unspecified atom stereocenters. The summed E-state index contributed by atoms with van der Waals surface area (Å²) in [6.45, 7) is 2.70. The van der Waals surface area contributed by atoms with Crippen molar-refractivity contribution in [3.63, 3.8) is 0 Å². The van der Waals surface area contributed by atoms with E-state index in [2.05, 4.69) is 0 Å². The average Bonchev–Trinajstić information content (AvgIpc) is 3.41. The number of fused-ring (bicyclic) bond motifs is 2. The summed E-state index contributed by atoms with van der Waals surface area (Å²) in [5.74, 6) is -0.349. The zero-order valence-corrected chi connectivity index (χ0v) is 18.2. The normalized spacial score (nSPS) is 19.8. The van der Waals surface area contributed by atoms with E-state index in [0.717, 1.165) is 24.0 Å². The Bertz CT molecular complexity index is 1290. The Morgan fingerprint density at radius 2 is 1.97 bits per heavy atom. The summed E-state index contributed by atoms with van der Waals surface area (Å²) in [7, 11) is 0. The number of nitrogens with two attached hydrogens (primary N) is 1. The maximum atomic E-state index is 13.6. The lowest BCUT2D eigenvalue weighted by Crippen LogP contribution is -2.36. The van der Waals surface area contributed by atoms with Crippen molar-refractivity contribution in [1.82, 2.24) is 4.90 Å². The molecule has 1 fully saturated rings. The highest BCUT2D eigenvalue weighted by Crippen LogP contribution is 2.39. The van der Waals surface area contributed by atoms with E-state index in [0.29, 0.717) is 35.4 Å². The van der Waals surface area contributed by atoms with Gasteiger partial charge in [-0.1, -0.05) is 23.8 Å². The van der Waals surface area contributed by atoms with Gasteiger partial charge in [-0.3, -0.25) is 14.4 Å². The molecule has 0 saturated carbocycles. The van der Waals surface area contributed by atoms with Gasteiger partial charge in [-0.05, 0) is 49.6 Å². The van der Waals surface area contributed by atoms with E-state index in [1.807, 2.05) is 13.0 Å². The Balaban J connectivity index is 1.60. The summed E-state index contributed by atoms with van der Waals surface area (Å²) in [5, 5.41) is 0.451. The first kappa shape index (κ1) is 21.2. The largest absolute Gasteiger partial charge is 0.484 e. The minimum Gasteiger partial charge on any atom is -0.484 e. The van der Waals surface area contributed by atoms with Crippen LogP contribution in [0.3, 0.4) is 0 Å². The lowest BCUT2D eigenvalue weighted by molar-refractivity contribution is -0.119. The summed E-state index contributed by atoms with van der Waals surface area (Å²) in [5.41, 5.74) is 7.33. The van der Waals surface area contributed by atoms with Crippen LogP contribution in [0.2, 0.25) is 0 Å². The third-order valence-electron chi connectivity index (χ3n) is 6.12. The van der Waals surface area contributed by atoms with Crippen LogP contribution in [0.15, 0.2) is 51.7 Å². The van der Waals surface area contributed by atoms with Gasteiger partial charge in [-0.2, -0.15) is 0 Å². The van der Waals surface area contributed by atoms with E-state index < -0.39 is 11.9 Å². The van der Waals surface area contributed by atoms with E-state index in [-0.39, 0.29) is 29.8 Å². The van der Waals surface area contributed by atoms with E-state index in [4.69, 9.17) is 19.6 Å². The molecule has 8 heteroatoms. The van der Waals surface area contributed by atoms with Crippen LogP contribution in [0, 0.1) is 6.92 Å². The van der Waals surface area contributed by atoms with Gasteiger partial charge in [-0.15, -0.1) is 0 Å². The molecule has 0 aliphatic carbocycles. The molecule has 2 amide bonds. The highest BCUT2D eigenvalue weighted by molar-refractivity contribution is 5.99. The van der Waals surface area contributed by atoms with Crippen LogP contribution < -0.4 is 15.9 Å². The quantitative estimate of drug-likeness (QED) is 0.621. The van der Waals surface area contributed by atoms with Gasteiger partial charge >= 0.3 is 0 Å². The van der Waals surface area contributed by atoms with Crippen molar-refractivity contribution in [3.05, 3.63) is 75.1 Å². The number of nitrogens with zero attached hydrogens (tertiary/aromatic N) is 1. The Morgan fingerprint density at radius 1 is 1.18 bits per heavy atom. The standard InChI is InChI=1S/C25H24N2O6/c1-14-4-9-19-18(11-14)23(29)21-22(15-5-7-16(8-6-15)32-13-20(26)28)27(25(30)24(21)33-19)12-17-3-2-10-31-17/h4-9,11,17,22H,2-3,10,12-13H2,1H3,(H2,26,28). The Kier molecular flexibility index (Phi) is 5.38. The predicted octanol–water partition coefficient (Wildman–Crippen LogP) is 2.69. The zero-order valence-electron chi connectivity index (χ0n) is 18.2. The number of aryl methyl sites for hydroxylation is 1. The Labute approximate surface area is 189 Å². The van der Waals surface area contributed by atoms with Gasteiger partial charge in [0, 0.05) is 13.2 Å². The maximum Gasteiger partial charge on any atom is 0.291 e. The first-order chi connectivity index (χ1) is 15.9. The van der Waals surface area contributed by atoms with Crippen LogP contribution >= 0.6 is 0 Å². The fourth-order valence-electron chi connectivity index (χ4n) is 4.58. The number of primary amides is 1. The summed E-state index contributed by atoms with van der Waals surface area (Å²) in [6.07, 6.45) is 1.71. The van der Waals surface area contributed by atoms with Gasteiger partial charge in [0.1, 0.15) is 11.3 Å². The van der Waals surface area contributed by atoms with Crippen LogP contribution in [-0.4, -0.2) is 42.6 Å². The number of hydrogen-bond acceptors (Lipinski definition) is 6. The Morgan fingerprint density at radius 3 is 2.67 bits per heavy atom. The molecule has 1 aromatic heterocycles. The fourth-order valence-corrected chi connectivity index (χ4v) is 4.58. The molecule has 2 aliphatic heterocycles. The summed E-state index contributed by atoms with van der Waals surface area (Å²) in [6, 6.07) is 11.7. The number of carbonyl (C=O) groups is 2. The SMILES string of the molecule is Cc1ccc2oc3c(c(=O)c2c1)C(c1ccc(OCC(N)=O)cc1)N(CC1CCCO1)C3=O. The van der Waals surface area contributed by atoms with Gasteiger partial charge in [0.2, 0.25) is 5.76 Å². The number of amides is 2. The highest BCUT2D eigenvalue weighted by Gasteiger charge is 2.43. The summed E-state index contributed by atoms with van der Waals surface area (Å²) in [4.78, 5) is 39.7. The maximum absolute atomic E-state index is 13.6. The monoisotopic (exact) mass is 448 g/mol. The molecule has 33 heavy (non-hydrogen) atoms. The number of benzene rings is 2. The minimum atomic E-state index is -0.608.